The zero-order valence-corrected chi connectivity index (χ0v) is 12.5. The lowest BCUT2D eigenvalue weighted by atomic mass is 10.0. The summed E-state index contributed by atoms with van der Waals surface area (Å²) in [5.74, 6) is 1.03. The molecule has 3 nitrogen and oxygen atoms in total. The fourth-order valence-corrected chi connectivity index (χ4v) is 2.96. The van der Waals surface area contributed by atoms with Gasteiger partial charge in [-0.1, -0.05) is 18.5 Å². The third-order valence-electron chi connectivity index (χ3n) is 3.28. The van der Waals surface area contributed by atoms with Crippen LogP contribution < -0.4 is 5.32 Å². The van der Waals surface area contributed by atoms with Gasteiger partial charge in [-0.25, -0.2) is 0 Å². The van der Waals surface area contributed by atoms with Gasteiger partial charge >= 0.3 is 0 Å². The third-order valence-corrected chi connectivity index (χ3v) is 4.57. The summed E-state index contributed by atoms with van der Waals surface area (Å²) in [6.07, 6.45) is 1.67. The Morgan fingerprint density at radius 2 is 2.16 bits per heavy atom. The highest BCUT2D eigenvalue weighted by molar-refractivity contribution is 7.16. The molecule has 104 valence electrons. The second-order valence-electron chi connectivity index (χ2n) is 4.71. The van der Waals surface area contributed by atoms with Crippen LogP contribution in [0.25, 0.3) is 0 Å². The minimum absolute atomic E-state index is 0.0310. The van der Waals surface area contributed by atoms with Gasteiger partial charge in [-0.2, -0.15) is 0 Å². The number of hydrogen-bond donors (Lipinski definition) is 2. The Hall–Kier alpha value is -0.810. The summed E-state index contributed by atoms with van der Waals surface area (Å²) >= 11 is 7.55. The predicted octanol–water partition coefficient (Wildman–Crippen LogP) is 3.69. The summed E-state index contributed by atoms with van der Waals surface area (Å²) < 4.78 is 6.27. The minimum atomic E-state index is -0.0310. The van der Waals surface area contributed by atoms with Gasteiger partial charge < -0.3 is 14.8 Å². The van der Waals surface area contributed by atoms with E-state index in [0.29, 0.717) is 0 Å². The van der Waals surface area contributed by atoms with Crippen LogP contribution in [-0.4, -0.2) is 17.8 Å². The largest absolute Gasteiger partial charge is 0.467 e. The molecule has 0 saturated heterocycles. The molecule has 5 heteroatoms. The second-order valence-corrected chi connectivity index (χ2v) is 6.45. The third kappa shape index (κ3) is 3.60. The van der Waals surface area contributed by atoms with Crippen molar-refractivity contribution in [3.05, 3.63) is 45.5 Å². The average molecular weight is 300 g/mol. The Bertz CT molecular complexity index is 497. The Morgan fingerprint density at radius 1 is 1.37 bits per heavy atom. The molecular formula is C14H18ClNO2S. The Labute approximate surface area is 122 Å². The molecule has 3 unspecified atom stereocenters. The maximum atomic E-state index is 9.24. The zero-order chi connectivity index (χ0) is 13.8. The molecule has 0 saturated carbocycles. The molecule has 3 atom stereocenters. The molecular weight excluding hydrogens is 282 g/mol. The van der Waals surface area contributed by atoms with Crippen LogP contribution in [-0.2, 0) is 0 Å². The number of rotatable bonds is 6. The van der Waals surface area contributed by atoms with Crippen molar-refractivity contribution in [2.45, 2.75) is 25.9 Å². The van der Waals surface area contributed by atoms with Crippen molar-refractivity contribution in [1.82, 2.24) is 5.32 Å². The molecule has 0 aliphatic heterocycles. The van der Waals surface area contributed by atoms with Crippen molar-refractivity contribution < 1.29 is 9.52 Å². The van der Waals surface area contributed by atoms with E-state index in [9.17, 15) is 5.11 Å². The van der Waals surface area contributed by atoms with Crippen molar-refractivity contribution in [1.29, 1.82) is 0 Å². The summed E-state index contributed by atoms with van der Waals surface area (Å²) in [5.41, 5.74) is 0. The fraction of sp³-hybridized carbons (Fsp3) is 0.429. The topological polar surface area (TPSA) is 45.4 Å². The number of aliphatic hydroxyl groups excluding tert-OH is 1. The van der Waals surface area contributed by atoms with Crippen LogP contribution in [0, 0.1) is 5.92 Å². The van der Waals surface area contributed by atoms with Crippen LogP contribution in [0.15, 0.2) is 34.9 Å². The summed E-state index contributed by atoms with van der Waals surface area (Å²) in [4.78, 5) is 1.11. The summed E-state index contributed by atoms with van der Waals surface area (Å²) in [6.45, 7) is 4.23. The highest BCUT2D eigenvalue weighted by Gasteiger charge is 2.23. The van der Waals surface area contributed by atoms with Gasteiger partial charge in [-0.15, -0.1) is 11.3 Å². The first-order valence-electron chi connectivity index (χ1n) is 6.27. The SMILES string of the molecule is CC(CO)C(C)NC(c1ccco1)c1ccc(Cl)s1. The lowest BCUT2D eigenvalue weighted by molar-refractivity contribution is 0.201. The highest BCUT2D eigenvalue weighted by Crippen LogP contribution is 2.32. The van der Waals surface area contributed by atoms with Crippen LogP contribution in [0.2, 0.25) is 4.34 Å². The maximum Gasteiger partial charge on any atom is 0.126 e. The first kappa shape index (κ1) is 14.6. The van der Waals surface area contributed by atoms with Gasteiger partial charge in [0.25, 0.3) is 0 Å². The van der Waals surface area contributed by atoms with Gasteiger partial charge in [0.2, 0.25) is 0 Å². The molecule has 0 aliphatic carbocycles. The molecule has 0 amide bonds. The molecule has 2 aromatic heterocycles. The first-order chi connectivity index (χ1) is 9.11. The number of halogens is 1. The van der Waals surface area contributed by atoms with Crippen molar-refractivity contribution in [2.24, 2.45) is 5.92 Å². The normalized spacial score (nSPS) is 16.2. The number of hydrogen-bond acceptors (Lipinski definition) is 4. The molecule has 2 heterocycles. The van der Waals surface area contributed by atoms with Crippen molar-refractivity contribution in [2.75, 3.05) is 6.61 Å². The number of aliphatic hydroxyl groups is 1. The van der Waals surface area contributed by atoms with E-state index in [1.807, 2.05) is 31.2 Å². The molecule has 0 radical (unpaired) electrons. The van der Waals surface area contributed by atoms with Crippen LogP contribution >= 0.6 is 22.9 Å². The highest BCUT2D eigenvalue weighted by atomic mass is 35.5. The standard InChI is InChI=1S/C14H18ClNO2S/c1-9(8-17)10(2)16-14(11-4-3-7-18-11)12-5-6-13(15)19-12/h3-7,9-10,14,16-17H,8H2,1-2H3. The fourth-order valence-electron chi connectivity index (χ4n) is 1.83. The van der Waals surface area contributed by atoms with Crippen LogP contribution in [0.3, 0.4) is 0 Å². The summed E-state index contributed by atoms with van der Waals surface area (Å²) in [5, 5.41) is 12.7. The van der Waals surface area contributed by atoms with Crippen LogP contribution in [0.5, 0.6) is 0 Å². The van der Waals surface area contributed by atoms with Crippen molar-refractivity contribution in [3.8, 4) is 0 Å². The van der Waals surface area contributed by atoms with E-state index >= 15 is 0 Å². The number of nitrogens with one attached hydrogen (secondary N) is 1. The predicted molar refractivity (Wildman–Crippen MR) is 78.7 cm³/mol. The lowest BCUT2D eigenvalue weighted by Gasteiger charge is -2.24. The van der Waals surface area contributed by atoms with Crippen molar-refractivity contribution >= 4 is 22.9 Å². The molecule has 0 aromatic carbocycles. The lowest BCUT2D eigenvalue weighted by Crippen LogP contribution is -2.36. The van der Waals surface area contributed by atoms with E-state index in [-0.39, 0.29) is 24.6 Å². The minimum Gasteiger partial charge on any atom is -0.467 e. The zero-order valence-electron chi connectivity index (χ0n) is 11.0. The van der Waals surface area contributed by atoms with Crippen LogP contribution in [0.4, 0.5) is 0 Å². The maximum absolute atomic E-state index is 9.24. The summed E-state index contributed by atoms with van der Waals surface area (Å²) in [6, 6.07) is 7.85. The molecule has 2 N–H and O–H groups in total. The Balaban J connectivity index is 2.21. The summed E-state index contributed by atoms with van der Waals surface area (Å²) in [7, 11) is 0. The van der Waals surface area contributed by atoms with Gasteiger partial charge in [0.15, 0.2) is 0 Å². The molecule has 2 aromatic rings. The molecule has 0 bridgehead atoms. The van der Waals surface area contributed by atoms with E-state index in [2.05, 4.69) is 12.2 Å². The molecule has 0 aliphatic rings. The quantitative estimate of drug-likeness (QED) is 0.855. The van der Waals surface area contributed by atoms with E-state index < -0.39 is 0 Å². The Morgan fingerprint density at radius 3 is 2.68 bits per heavy atom. The molecule has 0 fully saturated rings. The Kier molecular flexibility index (Phi) is 5.05. The van der Waals surface area contributed by atoms with E-state index in [0.717, 1.165) is 15.0 Å². The molecule has 19 heavy (non-hydrogen) atoms. The number of furan rings is 1. The van der Waals surface area contributed by atoms with E-state index in [1.54, 1.807) is 6.26 Å². The van der Waals surface area contributed by atoms with Gasteiger partial charge in [-0.05, 0) is 37.1 Å². The molecule has 2 rings (SSSR count). The van der Waals surface area contributed by atoms with Gasteiger partial charge in [0.05, 0.1) is 10.6 Å². The smallest absolute Gasteiger partial charge is 0.126 e. The second kappa shape index (κ2) is 6.57. The monoisotopic (exact) mass is 299 g/mol. The van der Waals surface area contributed by atoms with Gasteiger partial charge in [0.1, 0.15) is 11.8 Å². The average Bonchev–Trinajstić information content (AvgIpc) is 3.06. The van der Waals surface area contributed by atoms with E-state index in [4.69, 9.17) is 16.0 Å². The van der Waals surface area contributed by atoms with Crippen LogP contribution in [0.1, 0.15) is 30.5 Å². The van der Waals surface area contributed by atoms with Gasteiger partial charge in [-0.3, -0.25) is 0 Å². The molecule has 0 spiro atoms. The first-order valence-corrected chi connectivity index (χ1v) is 7.46. The van der Waals surface area contributed by atoms with E-state index in [1.165, 1.54) is 11.3 Å². The van der Waals surface area contributed by atoms with Crippen molar-refractivity contribution in [3.63, 3.8) is 0 Å². The van der Waals surface area contributed by atoms with Gasteiger partial charge in [0, 0.05) is 17.5 Å². The number of thiophene rings is 1.